The van der Waals surface area contributed by atoms with Crippen molar-refractivity contribution in [2.24, 2.45) is 0 Å². The van der Waals surface area contributed by atoms with Gasteiger partial charge in [0, 0.05) is 23.6 Å². The smallest absolute Gasteiger partial charge is 0.334 e. The van der Waals surface area contributed by atoms with Gasteiger partial charge in [0.25, 0.3) is 0 Å². The Bertz CT molecular complexity index is 791. The standard InChI is InChI=1S/C20H20O4/c1-4-24-20(21)16-11-14-10-15(22-2)12-17(23-3)19(14)18(16)13-8-6-5-7-9-13/h5-10,12H,4,11H2,1-3H3. The van der Waals surface area contributed by atoms with Crippen LogP contribution < -0.4 is 9.47 Å². The van der Waals surface area contributed by atoms with Gasteiger partial charge in [0.2, 0.25) is 0 Å². The molecule has 1 aliphatic rings. The van der Waals surface area contributed by atoms with Crippen molar-refractivity contribution < 1.29 is 19.0 Å². The third kappa shape index (κ3) is 2.75. The van der Waals surface area contributed by atoms with Gasteiger partial charge in [-0.3, -0.25) is 0 Å². The molecule has 2 aromatic carbocycles. The van der Waals surface area contributed by atoms with E-state index >= 15 is 0 Å². The minimum Gasteiger partial charge on any atom is -0.497 e. The van der Waals surface area contributed by atoms with E-state index in [1.165, 1.54) is 0 Å². The quantitative estimate of drug-likeness (QED) is 0.788. The molecule has 0 saturated heterocycles. The van der Waals surface area contributed by atoms with Gasteiger partial charge >= 0.3 is 5.97 Å². The summed E-state index contributed by atoms with van der Waals surface area (Å²) in [5.74, 6) is 1.12. The van der Waals surface area contributed by atoms with E-state index in [0.29, 0.717) is 30.1 Å². The largest absolute Gasteiger partial charge is 0.497 e. The summed E-state index contributed by atoms with van der Waals surface area (Å²) in [6.45, 7) is 2.16. The summed E-state index contributed by atoms with van der Waals surface area (Å²) in [4.78, 5) is 12.5. The molecule has 0 atom stereocenters. The van der Waals surface area contributed by atoms with Crippen LogP contribution in [-0.2, 0) is 16.0 Å². The highest BCUT2D eigenvalue weighted by atomic mass is 16.5. The highest BCUT2D eigenvalue weighted by Crippen LogP contribution is 2.44. The molecule has 4 nitrogen and oxygen atoms in total. The molecule has 124 valence electrons. The number of hydrogen-bond donors (Lipinski definition) is 0. The first-order valence-corrected chi connectivity index (χ1v) is 7.90. The molecule has 0 radical (unpaired) electrons. The Hall–Kier alpha value is -2.75. The maximum Gasteiger partial charge on any atom is 0.334 e. The fourth-order valence-corrected chi connectivity index (χ4v) is 3.09. The van der Waals surface area contributed by atoms with Crippen LogP contribution in [0.3, 0.4) is 0 Å². The van der Waals surface area contributed by atoms with E-state index in [9.17, 15) is 4.79 Å². The van der Waals surface area contributed by atoms with Crippen molar-refractivity contribution in [1.29, 1.82) is 0 Å². The first kappa shape index (κ1) is 16.1. The molecule has 0 amide bonds. The lowest BCUT2D eigenvalue weighted by Crippen LogP contribution is -2.09. The van der Waals surface area contributed by atoms with E-state index < -0.39 is 0 Å². The lowest BCUT2D eigenvalue weighted by Gasteiger charge is -2.14. The summed E-state index contributed by atoms with van der Waals surface area (Å²) in [5.41, 5.74) is 4.46. The van der Waals surface area contributed by atoms with E-state index in [4.69, 9.17) is 14.2 Å². The molecular weight excluding hydrogens is 304 g/mol. The average molecular weight is 324 g/mol. The number of carbonyl (C=O) groups is 1. The van der Waals surface area contributed by atoms with Crippen LogP contribution >= 0.6 is 0 Å². The van der Waals surface area contributed by atoms with Gasteiger partial charge in [-0.2, -0.15) is 0 Å². The number of methoxy groups -OCH3 is 2. The molecule has 0 unspecified atom stereocenters. The second-order valence-corrected chi connectivity index (χ2v) is 5.48. The summed E-state index contributed by atoms with van der Waals surface area (Å²) in [7, 11) is 3.24. The Balaban J connectivity index is 2.22. The molecule has 1 aliphatic carbocycles. The average Bonchev–Trinajstić information content (AvgIpc) is 3.01. The number of rotatable bonds is 5. The normalized spacial score (nSPS) is 12.8. The molecule has 0 fully saturated rings. The van der Waals surface area contributed by atoms with Crippen LogP contribution in [0.1, 0.15) is 23.6 Å². The summed E-state index contributed by atoms with van der Waals surface area (Å²) in [5, 5.41) is 0. The van der Waals surface area contributed by atoms with Crippen molar-refractivity contribution in [2.45, 2.75) is 13.3 Å². The van der Waals surface area contributed by atoms with Gasteiger partial charge in [-0.15, -0.1) is 0 Å². The van der Waals surface area contributed by atoms with Crippen molar-refractivity contribution in [3.8, 4) is 11.5 Å². The number of hydrogen-bond acceptors (Lipinski definition) is 4. The summed E-state index contributed by atoms with van der Waals surface area (Å²) < 4.78 is 16.2. The Morgan fingerprint density at radius 2 is 1.83 bits per heavy atom. The predicted molar refractivity (Wildman–Crippen MR) is 92.3 cm³/mol. The molecule has 24 heavy (non-hydrogen) atoms. The van der Waals surface area contributed by atoms with Gasteiger partial charge in [-0.05, 0) is 24.1 Å². The van der Waals surface area contributed by atoms with Gasteiger partial charge < -0.3 is 14.2 Å². The van der Waals surface area contributed by atoms with Crippen molar-refractivity contribution in [3.05, 3.63) is 64.7 Å². The van der Waals surface area contributed by atoms with Crippen LogP contribution in [0.5, 0.6) is 11.5 Å². The van der Waals surface area contributed by atoms with E-state index in [1.807, 2.05) is 49.4 Å². The summed E-state index contributed by atoms with van der Waals surface area (Å²) >= 11 is 0. The zero-order valence-corrected chi connectivity index (χ0v) is 14.1. The maximum absolute atomic E-state index is 12.5. The van der Waals surface area contributed by atoms with E-state index in [0.717, 1.165) is 22.3 Å². The molecule has 0 aromatic heterocycles. The van der Waals surface area contributed by atoms with Crippen LogP contribution in [0.15, 0.2) is 48.0 Å². The minimum atomic E-state index is -0.284. The van der Waals surface area contributed by atoms with Crippen molar-refractivity contribution in [2.75, 3.05) is 20.8 Å². The minimum absolute atomic E-state index is 0.284. The first-order chi connectivity index (χ1) is 11.7. The van der Waals surface area contributed by atoms with E-state index in [-0.39, 0.29) is 5.97 Å². The van der Waals surface area contributed by atoms with Gasteiger partial charge in [-0.25, -0.2) is 4.79 Å². The van der Waals surface area contributed by atoms with Crippen LogP contribution in [0.2, 0.25) is 0 Å². The molecule has 2 aromatic rings. The van der Waals surface area contributed by atoms with E-state index in [1.54, 1.807) is 14.2 Å². The lowest BCUT2D eigenvalue weighted by molar-refractivity contribution is -0.138. The molecule has 0 spiro atoms. The van der Waals surface area contributed by atoms with Crippen molar-refractivity contribution >= 4 is 11.5 Å². The van der Waals surface area contributed by atoms with Crippen LogP contribution in [0.4, 0.5) is 0 Å². The molecule has 0 saturated carbocycles. The number of esters is 1. The Morgan fingerprint density at radius 1 is 1.08 bits per heavy atom. The summed E-state index contributed by atoms with van der Waals surface area (Å²) in [6.07, 6.45) is 0.506. The third-order valence-corrected chi connectivity index (χ3v) is 4.12. The maximum atomic E-state index is 12.5. The molecule has 0 heterocycles. The Morgan fingerprint density at radius 3 is 2.46 bits per heavy atom. The summed E-state index contributed by atoms with van der Waals surface area (Å²) in [6, 6.07) is 13.6. The van der Waals surface area contributed by atoms with Crippen LogP contribution in [-0.4, -0.2) is 26.8 Å². The topological polar surface area (TPSA) is 44.8 Å². The third-order valence-electron chi connectivity index (χ3n) is 4.12. The van der Waals surface area contributed by atoms with Gasteiger partial charge in [-0.1, -0.05) is 30.3 Å². The first-order valence-electron chi connectivity index (χ1n) is 7.90. The number of benzene rings is 2. The van der Waals surface area contributed by atoms with Gasteiger partial charge in [0.15, 0.2) is 0 Å². The molecular formula is C20H20O4. The van der Waals surface area contributed by atoms with Crippen LogP contribution in [0.25, 0.3) is 5.57 Å². The second-order valence-electron chi connectivity index (χ2n) is 5.48. The lowest BCUT2D eigenvalue weighted by atomic mass is 9.96. The van der Waals surface area contributed by atoms with Crippen molar-refractivity contribution in [1.82, 2.24) is 0 Å². The molecule has 0 bridgehead atoms. The van der Waals surface area contributed by atoms with Crippen LogP contribution in [0, 0.1) is 0 Å². The highest BCUT2D eigenvalue weighted by molar-refractivity contribution is 6.06. The number of fused-ring (bicyclic) bond motifs is 1. The number of ether oxygens (including phenoxy) is 3. The van der Waals surface area contributed by atoms with Crippen molar-refractivity contribution in [3.63, 3.8) is 0 Å². The zero-order valence-electron chi connectivity index (χ0n) is 14.1. The predicted octanol–water partition coefficient (Wildman–Crippen LogP) is 3.62. The fraction of sp³-hybridized carbons (Fsp3) is 0.250. The second kappa shape index (κ2) is 6.79. The highest BCUT2D eigenvalue weighted by Gasteiger charge is 2.31. The van der Waals surface area contributed by atoms with Gasteiger partial charge in [0.05, 0.1) is 26.4 Å². The fourth-order valence-electron chi connectivity index (χ4n) is 3.09. The van der Waals surface area contributed by atoms with E-state index in [2.05, 4.69) is 0 Å². The molecule has 4 heteroatoms. The molecule has 0 aliphatic heterocycles. The van der Waals surface area contributed by atoms with Gasteiger partial charge in [0.1, 0.15) is 11.5 Å². The molecule has 0 N–H and O–H groups in total. The Labute approximate surface area is 141 Å². The Kier molecular flexibility index (Phi) is 4.56. The number of carbonyl (C=O) groups excluding carboxylic acids is 1. The SMILES string of the molecule is CCOC(=O)C1=C(c2ccccc2)c2c(cc(OC)cc2OC)C1. The monoisotopic (exact) mass is 324 g/mol. The zero-order chi connectivity index (χ0) is 17.1. The molecule has 3 rings (SSSR count).